The molecule has 6 nitrogen and oxygen atoms in total. The molecule has 3 heterocycles. The Kier molecular flexibility index (Phi) is 6.96. The highest BCUT2D eigenvalue weighted by Crippen LogP contribution is 2.22. The Morgan fingerprint density at radius 2 is 2.04 bits per heavy atom. The lowest BCUT2D eigenvalue weighted by Gasteiger charge is -2.47. The van der Waals surface area contributed by atoms with E-state index in [9.17, 15) is 0 Å². The van der Waals surface area contributed by atoms with Crippen LogP contribution in [0, 0.1) is 6.92 Å². The molecule has 3 aliphatic heterocycles. The Morgan fingerprint density at radius 1 is 1.26 bits per heavy atom. The lowest BCUT2D eigenvalue weighted by Crippen LogP contribution is -2.63. The van der Waals surface area contributed by atoms with E-state index in [0.717, 1.165) is 36.8 Å². The van der Waals surface area contributed by atoms with E-state index >= 15 is 0 Å². The Morgan fingerprint density at radius 3 is 2.67 bits per heavy atom. The molecule has 0 spiro atoms. The van der Waals surface area contributed by atoms with Gasteiger partial charge in [-0.3, -0.25) is 14.8 Å². The lowest BCUT2D eigenvalue weighted by molar-refractivity contribution is 0.0154. The number of aliphatic imine (C=N–C) groups is 1. The van der Waals surface area contributed by atoms with Crippen LogP contribution < -0.4 is 15.4 Å². The molecule has 6 heteroatoms. The summed E-state index contributed by atoms with van der Waals surface area (Å²) >= 11 is 0. The number of guanidine groups is 1. The largest absolute Gasteiger partial charge is 0.490 e. The van der Waals surface area contributed by atoms with E-state index in [1.165, 1.54) is 31.7 Å². The van der Waals surface area contributed by atoms with Gasteiger partial charge in [-0.05, 0) is 31.9 Å². The average molecular weight is 374 g/mol. The maximum atomic E-state index is 6.12. The first-order valence-electron chi connectivity index (χ1n) is 10.3. The standard InChI is InChI=1S/C21H35N5O/c1-5-17(3)27-20-12-16(2)6-7-18(20)13-23-21(22-4)24-14-19-15-25-8-10-26(19)11-9-25/h6-7,12,17,19H,5,8-11,13-15H2,1-4H3,(H2,22,23,24). The van der Waals surface area contributed by atoms with Gasteiger partial charge in [0.2, 0.25) is 0 Å². The molecule has 1 aromatic carbocycles. The molecule has 0 aromatic heterocycles. The SMILES string of the molecule is CCC(C)Oc1cc(C)ccc1CNC(=NC)NCC1CN2CCN1CC2. The lowest BCUT2D eigenvalue weighted by atomic mass is 10.1. The number of hydrogen-bond donors (Lipinski definition) is 2. The van der Waals surface area contributed by atoms with Crippen LogP contribution in [0.3, 0.4) is 0 Å². The van der Waals surface area contributed by atoms with Gasteiger partial charge >= 0.3 is 0 Å². The fourth-order valence-corrected chi connectivity index (χ4v) is 3.75. The highest BCUT2D eigenvalue weighted by atomic mass is 16.5. The van der Waals surface area contributed by atoms with Crippen molar-refractivity contribution in [2.45, 2.75) is 45.9 Å². The summed E-state index contributed by atoms with van der Waals surface area (Å²) in [5, 5.41) is 6.95. The number of ether oxygens (including phenoxy) is 1. The van der Waals surface area contributed by atoms with Crippen molar-refractivity contribution in [1.29, 1.82) is 0 Å². The zero-order chi connectivity index (χ0) is 19.2. The van der Waals surface area contributed by atoms with Crippen LogP contribution in [0.25, 0.3) is 0 Å². The van der Waals surface area contributed by atoms with Crippen LogP contribution in [0.2, 0.25) is 0 Å². The summed E-state index contributed by atoms with van der Waals surface area (Å²) in [6.07, 6.45) is 1.22. The van der Waals surface area contributed by atoms with Crippen LogP contribution in [0.15, 0.2) is 23.2 Å². The third-order valence-electron chi connectivity index (χ3n) is 5.69. The number of benzene rings is 1. The van der Waals surface area contributed by atoms with Gasteiger partial charge in [0.25, 0.3) is 0 Å². The number of aryl methyl sites for hydroxylation is 1. The number of hydrogen-bond acceptors (Lipinski definition) is 4. The summed E-state index contributed by atoms with van der Waals surface area (Å²) in [6.45, 7) is 14.0. The average Bonchev–Trinajstić information content (AvgIpc) is 2.70. The molecular weight excluding hydrogens is 338 g/mol. The zero-order valence-corrected chi connectivity index (χ0v) is 17.3. The van der Waals surface area contributed by atoms with Crippen molar-refractivity contribution in [1.82, 2.24) is 20.4 Å². The van der Waals surface area contributed by atoms with Crippen LogP contribution >= 0.6 is 0 Å². The van der Waals surface area contributed by atoms with E-state index in [1.54, 1.807) is 0 Å². The van der Waals surface area contributed by atoms with Gasteiger partial charge in [-0.15, -0.1) is 0 Å². The molecule has 3 aliphatic rings. The van der Waals surface area contributed by atoms with Crippen molar-refractivity contribution in [3.05, 3.63) is 29.3 Å². The topological polar surface area (TPSA) is 52.1 Å². The van der Waals surface area contributed by atoms with Crippen LogP contribution in [-0.2, 0) is 6.54 Å². The minimum absolute atomic E-state index is 0.216. The summed E-state index contributed by atoms with van der Waals surface area (Å²) in [6, 6.07) is 6.98. The van der Waals surface area contributed by atoms with Gasteiger partial charge in [0, 0.05) is 64.5 Å². The molecular formula is C21H35N5O. The molecule has 2 N–H and O–H groups in total. The van der Waals surface area contributed by atoms with E-state index in [4.69, 9.17) is 4.74 Å². The van der Waals surface area contributed by atoms with Gasteiger partial charge < -0.3 is 15.4 Å². The molecule has 150 valence electrons. The number of piperazine rings is 3. The van der Waals surface area contributed by atoms with Crippen molar-refractivity contribution in [3.63, 3.8) is 0 Å². The molecule has 2 atom stereocenters. The maximum Gasteiger partial charge on any atom is 0.191 e. The Balaban J connectivity index is 1.53. The third-order valence-corrected chi connectivity index (χ3v) is 5.69. The summed E-state index contributed by atoms with van der Waals surface area (Å²) in [5.41, 5.74) is 2.38. The molecule has 27 heavy (non-hydrogen) atoms. The normalized spacial score (nSPS) is 25.9. The van der Waals surface area contributed by atoms with E-state index in [2.05, 4.69) is 64.4 Å². The first kappa shape index (κ1) is 20.0. The Bertz CT molecular complexity index is 639. The number of rotatable bonds is 7. The van der Waals surface area contributed by atoms with Crippen LogP contribution in [-0.4, -0.2) is 74.2 Å². The molecule has 1 aromatic rings. The summed E-state index contributed by atoms with van der Waals surface area (Å²) < 4.78 is 6.12. The molecule has 3 saturated heterocycles. The molecule has 0 aliphatic carbocycles. The number of nitrogens with one attached hydrogen (secondary N) is 2. The van der Waals surface area contributed by atoms with Crippen molar-refractivity contribution >= 4 is 5.96 Å². The first-order valence-corrected chi connectivity index (χ1v) is 10.3. The maximum absolute atomic E-state index is 6.12. The highest BCUT2D eigenvalue weighted by Gasteiger charge is 2.31. The van der Waals surface area contributed by atoms with Gasteiger partial charge in [0.05, 0.1) is 6.10 Å². The smallest absolute Gasteiger partial charge is 0.191 e. The molecule has 0 radical (unpaired) electrons. The van der Waals surface area contributed by atoms with Gasteiger partial charge in [-0.1, -0.05) is 19.1 Å². The van der Waals surface area contributed by atoms with Crippen LogP contribution in [0.1, 0.15) is 31.4 Å². The molecule has 0 saturated carbocycles. The van der Waals surface area contributed by atoms with Gasteiger partial charge in [0.15, 0.2) is 5.96 Å². The Labute approximate surface area is 164 Å². The monoisotopic (exact) mass is 373 g/mol. The summed E-state index contributed by atoms with van der Waals surface area (Å²) in [7, 11) is 1.83. The zero-order valence-electron chi connectivity index (χ0n) is 17.3. The molecule has 2 unspecified atom stereocenters. The van der Waals surface area contributed by atoms with Gasteiger partial charge in [-0.2, -0.15) is 0 Å². The molecule has 2 bridgehead atoms. The van der Waals surface area contributed by atoms with Crippen LogP contribution in [0.4, 0.5) is 0 Å². The molecule has 0 amide bonds. The van der Waals surface area contributed by atoms with Gasteiger partial charge in [0.1, 0.15) is 5.75 Å². The van der Waals surface area contributed by atoms with Crippen molar-refractivity contribution in [2.75, 3.05) is 46.3 Å². The quantitative estimate of drug-likeness (QED) is 0.564. The van der Waals surface area contributed by atoms with E-state index in [-0.39, 0.29) is 6.10 Å². The second-order valence-electron chi connectivity index (χ2n) is 7.74. The highest BCUT2D eigenvalue weighted by molar-refractivity contribution is 5.79. The van der Waals surface area contributed by atoms with E-state index < -0.39 is 0 Å². The van der Waals surface area contributed by atoms with Crippen molar-refractivity contribution in [2.24, 2.45) is 4.99 Å². The second-order valence-corrected chi connectivity index (χ2v) is 7.74. The molecule has 3 fully saturated rings. The molecule has 4 rings (SSSR count). The van der Waals surface area contributed by atoms with E-state index in [0.29, 0.717) is 12.6 Å². The second kappa shape index (κ2) is 9.42. The predicted molar refractivity (Wildman–Crippen MR) is 112 cm³/mol. The number of fused-ring (bicyclic) bond motifs is 3. The van der Waals surface area contributed by atoms with Crippen molar-refractivity contribution in [3.8, 4) is 5.75 Å². The first-order chi connectivity index (χ1) is 13.1. The fraction of sp³-hybridized carbons (Fsp3) is 0.667. The fourth-order valence-electron chi connectivity index (χ4n) is 3.75. The summed E-state index contributed by atoms with van der Waals surface area (Å²) in [5.74, 6) is 1.82. The van der Waals surface area contributed by atoms with Gasteiger partial charge in [-0.25, -0.2) is 0 Å². The minimum Gasteiger partial charge on any atom is -0.490 e. The summed E-state index contributed by atoms with van der Waals surface area (Å²) in [4.78, 5) is 9.55. The third kappa shape index (κ3) is 5.36. The predicted octanol–water partition coefficient (Wildman–Crippen LogP) is 1.84. The Hall–Kier alpha value is -1.79. The minimum atomic E-state index is 0.216. The van der Waals surface area contributed by atoms with Crippen LogP contribution in [0.5, 0.6) is 5.75 Å². The number of nitrogens with zero attached hydrogens (tertiary/aromatic N) is 3. The van der Waals surface area contributed by atoms with E-state index in [1.807, 2.05) is 7.05 Å². The van der Waals surface area contributed by atoms with Crippen molar-refractivity contribution < 1.29 is 4.74 Å².